The largest absolute Gasteiger partial charge is 0.444 e. The van der Waals surface area contributed by atoms with Gasteiger partial charge in [0.1, 0.15) is 5.60 Å². The summed E-state index contributed by atoms with van der Waals surface area (Å²) in [6, 6.07) is 0. The van der Waals surface area contributed by atoms with Crippen molar-refractivity contribution >= 4 is 6.09 Å². The minimum Gasteiger partial charge on any atom is -0.444 e. The third-order valence-corrected chi connectivity index (χ3v) is 5.21. The Kier molecular flexibility index (Phi) is 3.27. The molecular weight excluding hydrogens is 297 g/mol. The lowest BCUT2D eigenvalue weighted by Gasteiger charge is -2.74. The van der Waals surface area contributed by atoms with E-state index in [0.717, 1.165) is 0 Å². The molecule has 2 bridgehead atoms. The number of nitrogens with zero attached hydrogens (tertiary/aromatic N) is 2. The van der Waals surface area contributed by atoms with Gasteiger partial charge in [0.05, 0.1) is 5.41 Å². The Labute approximate surface area is 128 Å². The molecule has 7 heteroatoms. The van der Waals surface area contributed by atoms with Gasteiger partial charge in [-0.3, -0.25) is 4.90 Å². The van der Waals surface area contributed by atoms with E-state index in [1.54, 1.807) is 4.90 Å². The predicted octanol–water partition coefficient (Wildman–Crippen LogP) is 3.02. The highest BCUT2D eigenvalue weighted by atomic mass is 19.4. The van der Waals surface area contributed by atoms with Gasteiger partial charge in [0.2, 0.25) is 0 Å². The van der Waals surface area contributed by atoms with Crippen molar-refractivity contribution in [3.63, 3.8) is 0 Å². The SMILES string of the molecule is CC(C)(C)OC(=O)N1CCN(C23CC(C(F)(F)F)(C2)C3)CC1. The molecule has 0 N–H and O–H groups in total. The highest BCUT2D eigenvalue weighted by Gasteiger charge is 2.79. The molecule has 0 radical (unpaired) electrons. The number of amides is 1. The maximum Gasteiger partial charge on any atom is 0.410 e. The summed E-state index contributed by atoms with van der Waals surface area (Å²) in [4.78, 5) is 15.8. The van der Waals surface area contributed by atoms with Crippen LogP contribution >= 0.6 is 0 Å². The normalized spacial score (nSPS) is 35.6. The number of hydrogen-bond donors (Lipinski definition) is 0. The van der Waals surface area contributed by atoms with Crippen LogP contribution in [-0.2, 0) is 4.74 Å². The lowest BCUT2D eigenvalue weighted by Crippen LogP contribution is -2.80. The zero-order valence-electron chi connectivity index (χ0n) is 13.3. The smallest absolute Gasteiger partial charge is 0.410 e. The van der Waals surface area contributed by atoms with E-state index in [9.17, 15) is 18.0 Å². The Morgan fingerprint density at radius 1 is 1.00 bits per heavy atom. The fraction of sp³-hybridized carbons (Fsp3) is 0.933. The van der Waals surface area contributed by atoms with Gasteiger partial charge in [0.15, 0.2) is 0 Å². The molecule has 4 fully saturated rings. The Hall–Kier alpha value is -0.980. The molecule has 1 amide bonds. The van der Waals surface area contributed by atoms with E-state index in [4.69, 9.17) is 4.74 Å². The quantitative estimate of drug-likeness (QED) is 0.744. The molecule has 0 aromatic carbocycles. The summed E-state index contributed by atoms with van der Waals surface area (Å²) in [6.07, 6.45) is -3.70. The van der Waals surface area contributed by atoms with Gasteiger partial charge in [-0.15, -0.1) is 0 Å². The van der Waals surface area contributed by atoms with Gasteiger partial charge in [-0.1, -0.05) is 0 Å². The van der Waals surface area contributed by atoms with Crippen LogP contribution in [0.2, 0.25) is 0 Å². The molecule has 4 rings (SSSR count). The van der Waals surface area contributed by atoms with Gasteiger partial charge in [0.25, 0.3) is 0 Å². The maximum atomic E-state index is 12.9. The molecule has 1 saturated heterocycles. The third kappa shape index (κ3) is 2.37. The second-order valence-electron chi connectivity index (χ2n) is 7.99. The second-order valence-corrected chi connectivity index (χ2v) is 7.99. The fourth-order valence-corrected chi connectivity index (χ4v) is 4.06. The van der Waals surface area contributed by atoms with E-state index in [2.05, 4.69) is 4.90 Å². The van der Waals surface area contributed by atoms with Crippen LogP contribution in [0.1, 0.15) is 40.0 Å². The molecule has 0 aromatic heterocycles. The van der Waals surface area contributed by atoms with Crippen molar-refractivity contribution in [1.29, 1.82) is 0 Å². The number of carbonyl (C=O) groups excluding carboxylic acids is 1. The summed E-state index contributed by atoms with van der Waals surface area (Å²) in [6.45, 7) is 7.77. The number of alkyl halides is 3. The van der Waals surface area contributed by atoms with Crippen LogP contribution in [-0.4, -0.2) is 59.4 Å². The van der Waals surface area contributed by atoms with Crippen LogP contribution in [0.4, 0.5) is 18.0 Å². The van der Waals surface area contributed by atoms with Crippen molar-refractivity contribution in [2.45, 2.75) is 57.3 Å². The molecule has 0 spiro atoms. The van der Waals surface area contributed by atoms with Crippen LogP contribution in [0.5, 0.6) is 0 Å². The zero-order valence-corrected chi connectivity index (χ0v) is 13.3. The Morgan fingerprint density at radius 2 is 1.50 bits per heavy atom. The van der Waals surface area contributed by atoms with E-state index < -0.39 is 17.2 Å². The van der Waals surface area contributed by atoms with Crippen LogP contribution in [0, 0.1) is 5.41 Å². The van der Waals surface area contributed by atoms with E-state index >= 15 is 0 Å². The first-order chi connectivity index (χ1) is 9.97. The minimum atomic E-state index is -4.06. The summed E-state index contributed by atoms with van der Waals surface area (Å²) in [5.41, 5.74) is -2.19. The molecule has 3 saturated carbocycles. The number of halogens is 3. The van der Waals surface area contributed by atoms with Gasteiger partial charge in [-0.05, 0) is 40.0 Å². The van der Waals surface area contributed by atoms with Crippen molar-refractivity contribution < 1.29 is 22.7 Å². The standard InChI is InChI=1S/C15H23F3N2O2/c1-12(2,3)22-11(21)19-4-6-20(7-5-19)14-8-13(9-14,10-14)15(16,17)18/h4-10H2,1-3H3. The average Bonchev–Trinajstić information content (AvgIpc) is 2.21. The maximum absolute atomic E-state index is 12.9. The second kappa shape index (κ2) is 4.52. The Balaban J connectivity index is 1.50. The summed E-state index contributed by atoms with van der Waals surface area (Å²) in [5, 5.41) is 0. The molecule has 1 heterocycles. The molecule has 4 aliphatic rings. The molecule has 0 aromatic rings. The van der Waals surface area contributed by atoms with Crippen molar-refractivity contribution in [1.82, 2.24) is 9.80 Å². The molecule has 1 aliphatic heterocycles. The molecule has 4 nitrogen and oxygen atoms in total. The van der Waals surface area contributed by atoms with Crippen LogP contribution in [0.25, 0.3) is 0 Å². The first-order valence-corrected chi connectivity index (χ1v) is 7.76. The van der Waals surface area contributed by atoms with Gasteiger partial charge < -0.3 is 9.64 Å². The summed E-state index contributed by atoms with van der Waals surface area (Å²) < 4.78 is 44.0. The number of piperazine rings is 1. The number of ether oxygens (including phenoxy) is 1. The molecule has 3 aliphatic carbocycles. The van der Waals surface area contributed by atoms with E-state index in [0.29, 0.717) is 26.2 Å². The van der Waals surface area contributed by atoms with Crippen LogP contribution < -0.4 is 0 Å². The van der Waals surface area contributed by atoms with E-state index in [-0.39, 0.29) is 30.9 Å². The highest BCUT2D eigenvalue weighted by Crippen LogP contribution is 2.75. The van der Waals surface area contributed by atoms with Crippen molar-refractivity contribution in [3.8, 4) is 0 Å². The van der Waals surface area contributed by atoms with Crippen molar-refractivity contribution in [2.24, 2.45) is 5.41 Å². The van der Waals surface area contributed by atoms with Gasteiger partial charge in [0, 0.05) is 31.7 Å². The Bertz CT molecular complexity index is 456. The van der Waals surface area contributed by atoms with Gasteiger partial charge >= 0.3 is 12.3 Å². The molecule has 0 atom stereocenters. The van der Waals surface area contributed by atoms with Crippen LogP contribution in [0.15, 0.2) is 0 Å². The van der Waals surface area contributed by atoms with Gasteiger partial charge in [-0.25, -0.2) is 4.79 Å². The number of hydrogen-bond acceptors (Lipinski definition) is 3. The van der Waals surface area contributed by atoms with Crippen LogP contribution in [0.3, 0.4) is 0 Å². The zero-order chi connectivity index (χ0) is 16.4. The fourth-order valence-electron chi connectivity index (χ4n) is 4.06. The summed E-state index contributed by atoms with van der Waals surface area (Å²) >= 11 is 0. The van der Waals surface area contributed by atoms with Gasteiger partial charge in [-0.2, -0.15) is 13.2 Å². The van der Waals surface area contributed by atoms with Crippen molar-refractivity contribution in [2.75, 3.05) is 26.2 Å². The van der Waals surface area contributed by atoms with E-state index in [1.807, 2.05) is 20.8 Å². The molecule has 0 unspecified atom stereocenters. The monoisotopic (exact) mass is 320 g/mol. The van der Waals surface area contributed by atoms with E-state index in [1.165, 1.54) is 0 Å². The summed E-state index contributed by atoms with van der Waals surface area (Å²) in [5.74, 6) is 0. The first-order valence-electron chi connectivity index (χ1n) is 7.76. The van der Waals surface area contributed by atoms with Crippen molar-refractivity contribution in [3.05, 3.63) is 0 Å². The highest BCUT2D eigenvalue weighted by molar-refractivity contribution is 5.68. The number of carbonyl (C=O) groups is 1. The predicted molar refractivity (Wildman–Crippen MR) is 74.5 cm³/mol. The Morgan fingerprint density at radius 3 is 1.91 bits per heavy atom. The topological polar surface area (TPSA) is 32.8 Å². The molecule has 126 valence electrons. The lowest BCUT2D eigenvalue weighted by molar-refractivity contribution is -0.363. The average molecular weight is 320 g/mol. The minimum absolute atomic E-state index is 0.232. The lowest BCUT2D eigenvalue weighted by atomic mass is 9.38. The third-order valence-electron chi connectivity index (χ3n) is 5.21. The molecular formula is C15H23F3N2O2. The summed E-state index contributed by atoms with van der Waals surface area (Å²) in [7, 11) is 0. The molecule has 22 heavy (non-hydrogen) atoms. The first kappa shape index (κ1) is 15.9. The number of rotatable bonds is 1.